The molecule has 0 fully saturated rings. The van der Waals surface area contributed by atoms with Crippen LogP contribution in [0.3, 0.4) is 0 Å². The highest BCUT2D eigenvalue weighted by Crippen LogP contribution is 2.27. The predicted octanol–water partition coefficient (Wildman–Crippen LogP) is 2.84. The summed E-state index contributed by atoms with van der Waals surface area (Å²) in [6.45, 7) is 2.88. The average Bonchev–Trinajstić information content (AvgIpc) is 2.83. The number of benzene rings is 1. The SMILES string of the molecule is CCOc1cc(OCc2ccco2)ccc1N. The van der Waals surface area contributed by atoms with Gasteiger partial charge in [-0.15, -0.1) is 0 Å². The van der Waals surface area contributed by atoms with Gasteiger partial charge in [-0.2, -0.15) is 0 Å². The lowest BCUT2D eigenvalue weighted by atomic mass is 10.3. The Bertz CT molecular complexity index is 466. The fourth-order valence-corrected chi connectivity index (χ4v) is 1.43. The van der Waals surface area contributed by atoms with E-state index in [1.165, 1.54) is 0 Å². The Labute approximate surface area is 99.9 Å². The molecule has 0 aliphatic rings. The molecule has 0 spiro atoms. The molecule has 1 heterocycles. The quantitative estimate of drug-likeness (QED) is 0.807. The van der Waals surface area contributed by atoms with Crippen molar-refractivity contribution in [2.75, 3.05) is 12.3 Å². The first kappa shape index (κ1) is 11.4. The van der Waals surface area contributed by atoms with Crippen molar-refractivity contribution >= 4 is 5.69 Å². The number of furan rings is 1. The van der Waals surface area contributed by atoms with Crippen LogP contribution >= 0.6 is 0 Å². The molecule has 0 unspecified atom stereocenters. The maximum absolute atomic E-state index is 5.77. The molecule has 4 heteroatoms. The predicted molar refractivity (Wildman–Crippen MR) is 65.1 cm³/mol. The number of nitrogens with two attached hydrogens (primary N) is 1. The minimum absolute atomic E-state index is 0.391. The van der Waals surface area contributed by atoms with Gasteiger partial charge in [0, 0.05) is 6.07 Å². The van der Waals surface area contributed by atoms with E-state index in [4.69, 9.17) is 19.6 Å². The summed E-state index contributed by atoms with van der Waals surface area (Å²) in [6.07, 6.45) is 1.62. The highest BCUT2D eigenvalue weighted by atomic mass is 16.5. The van der Waals surface area contributed by atoms with Gasteiger partial charge in [0.15, 0.2) is 0 Å². The second-order valence-corrected chi connectivity index (χ2v) is 3.50. The van der Waals surface area contributed by atoms with Gasteiger partial charge in [0.2, 0.25) is 0 Å². The van der Waals surface area contributed by atoms with E-state index in [0.717, 1.165) is 5.76 Å². The molecule has 1 aromatic carbocycles. The Kier molecular flexibility index (Phi) is 3.55. The van der Waals surface area contributed by atoms with Crippen molar-refractivity contribution in [2.45, 2.75) is 13.5 Å². The minimum Gasteiger partial charge on any atom is -0.492 e. The van der Waals surface area contributed by atoms with Gasteiger partial charge in [-0.25, -0.2) is 0 Å². The maximum atomic E-state index is 5.77. The topological polar surface area (TPSA) is 57.6 Å². The van der Waals surface area contributed by atoms with Crippen molar-refractivity contribution < 1.29 is 13.9 Å². The monoisotopic (exact) mass is 233 g/mol. The second kappa shape index (κ2) is 5.30. The third kappa shape index (κ3) is 2.93. The van der Waals surface area contributed by atoms with E-state index >= 15 is 0 Å². The van der Waals surface area contributed by atoms with Gasteiger partial charge in [-0.1, -0.05) is 0 Å². The largest absolute Gasteiger partial charge is 0.492 e. The fraction of sp³-hybridized carbons (Fsp3) is 0.231. The van der Waals surface area contributed by atoms with E-state index in [0.29, 0.717) is 30.4 Å². The van der Waals surface area contributed by atoms with Crippen LogP contribution < -0.4 is 15.2 Å². The van der Waals surface area contributed by atoms with Crippen molar-refractivity contribution in [1.29, 1.82) is 0 Å². The first-order chi connectivity index (χ1) is 8.29. The summed E-state index contributed by atoms with van der Waals surface area (Å²) >= 11 is 0. The minimum atomic E-state index is 0.391. The Hall–Kier alpha value is -2.10. The van der Waals surface area contributed by atoms with Crippen LogP contribution in [0.15, 0.2) is 41.0 Å². The number of hydrogen-bond donors (Lipinski definition) is 1. The zero-order valence-corrected chi connectivity index (χ0v) is 9.68. The van der Waals surface area contributed by atoms with E-state index < -0.39 is 0 Å². The molecular formula is C13H15NO3. The standard InChI is InChI=1S/C13H15NO3/c1-2-15-13-8-10(5-6-12(13)14)17-9-11-4-3-7-16-11/h3-8H,2,9,14H2,1H3. The van der Waals surface area contributed by atoms with Crippen LogP contribution in [0.4, 0.5) is 5.69 Å². The van der Waals surface area contributed by atoms with Gasteiger partial charge in [-0.05, 0) is 31.2 Å². The second-order valence-electron chi connectivity index (χ2n) is 3.50. The summed E-state index contributed by atoms with van der Waals surface area (Å²) in [6, 6.07) is 9.04. The molecule has 2 N–H and O–H groups in total. The molecule has 2 rings (SSSR count). The van der Waals surface area contributed by atoms with Crippen LogP contribution in [0.5, 0.6) is 11.5 Å². The number of rotatable bonds is 5. The molecule has 0 radical (unpaired) electrons. The number of hydrogen-bond acceptors (Lipinski definition) is 4. The van der Waals surface area contributed by atoms with E-state index in [9.17, 15) is 0 Å². The van der Waals surface area contributed by atoms with Gasteiger partial charge in [0.1, 0.15) is 23.9 Å². The molecule has 0 bridgehead atoms. The Morgan fingerprint density at radius 1 is 1.24 bits per heavy atom. The van der Waals surface area contributed by atoms with Gasteiger partial charge >= 0.3 is 0 Å². The Morgan fingerprint density at radius 3 is 2.82 bits per heavy atom. The van der Waals surface area contributed by atoms with E-state index in [-0.39, 0.29) is 0 Å². The van der Waals surface area contributed by atoms with Gasteiger partial charge in [0.25, 0.3) is 0 Å². The molecule has 0 aliphatic heterocycles. The van der Waals surface area contributed by atoms with Gasteiger partial charge < -0.3 is 19.6 Å². The summed E-state index contributed by atoms with van der Waals surface area (Å²) in [5, 5.41) is 0. The molecule has 0 amide bonds. The summed E-state index contributed by atoms with van der Waals surface area (Å²) in [5.74, 6) is 2.13. The van der Waals surface area contributed by atoms with E-state index in [1.54, 1.807) is 24.5 Å². The molecule has 4 nitrogen and oxygen atoms in total. The normalized spacial score (nSPS) is 10.2. The molecule has 90 valence electrons. The van der Waals surface area contributed by atoms with E-state index in [2.05, 4.69) is 0 Å². The van der Waals surface area contributed by atoms with Crippen LogP contribution in [0.2, 0.25) is 0 Å². The fourth-order valence-electron chi connectivity index (χ4n) is 1.43. The summed E-state index contributed by atoms with van der Waals surface area (Å²) in [4.78, 5) is 0. The van der Waals surface area contributed by atoms with Crippen LogP contribution in [-0.2, 0) is 6.61 Å². The lowest BCUT2D eigenvalue weighted by molar-refractivity contribution is 0.267. The van der Waals surface area contributed by atoms with Crippen molar-refractivity contribution in [3.05, 3.63) is 42.4 Å². The average molecular weight is 233 g/mol. The number of anilines is 1. The van der Waals surface area contributed by atoms with Gasteiger partial charge in [0.05, 0.1) is 18.6 Å². The molecular weight excluding hydrogens is 218 g/mol. The smallest absolute Gasteiger partial charge is 0.146 e. The zero-order valence-electron chi connectivity index (χ0n) is 9.68. The van der Waals surface area contributed by atoms with Crippen LogP contribution in [-0.4, -0.2) is 6.61 Å². The highest BCUT2D eigenvalue weighted by molar-refractivity contribution is 5.55. The third-order valence-electron chi connectivity index (χ3n) is 2.25. The van der Waals surface area contributed by atoms with Gasteiger partial charge in [-0.3, -0.25) is 0 Å². The zero-order chi connectivity index (χ0) is 12.1. The highest BCUT2D eigenvalue weighted by Gasteiger charge is 2.03. The first-order valence-corrected chi connectivity index (χ1v) is 5.47. The first-order valence-electron chi connectivity index (χ1n) is 5.47. The van der Waals surface area contributed by atoms with Crippen molar-refractivity contribution in [3.63, 3.8) is 0 Å². The Morgan fingerprint density at radius 2 is 2.12 bits per heavy atom. The van der Waals surface area contributed by atoms with Crippen molar-refractivity contribution in [3.8, 4) is 11.5 Å². The van der Waals surface area contributed by atoms with Crippen LogP contribution in [0, 0.1) is 0 Å². The van der Waals surface area contributed by atoms with E-state index in [1.807, 2.05) is 19.1 Å². The van der Waals surface area contributed by atoms with Crippen molar-refractivity contribution in [1.82, 2.24) is 0 Å². The van der Waals surface area contributed by atoms with Crippen molar-refractivity contribution in [2.24, 2.45) is 0 Å². The lowest BCUT2D eigenvalue weighted by Crippen LogP contribution is -1.99. The van der Waals surface area contributed by atoms with Crippen LogP contribution in [0.25, 0.3) is 0 Å². The molecule has 0 atom stereocenters. The maximum Gasteiger partial charge on any atom is 0.146 e. The summed E-state index contributed by atoms with van der Waals surface area (Å²) in [7, 11) is 0. The summed E-state index contributed by atoms with van der Waals surface area (Å²) < 4.78 is 16.1. The summed E-state index contributed by atoms with van der Waals surface area (Å²) in [5.41, 5.74) is 6.38. The molecule has 0 saturated heterocycles. The Balaban J connectivity index is 2.03. The van der Waals surface area contributed by atoms with Crippen LogP contribution in [0.1, 0.15) is 12.7 Å². The molecule has 1 aromatic heterocycles. The number of ether oxygens (including phenoxy) is 2. The third-order valence-corrected chi connectivity index (χ3v) is 2.25. The molecule has 17 heavy (non-hydrogen) atoms. The number of nitrogen functional groups attached to an aromatic ring is 1. The molecule has 0 aliphatic carbocycles. The molecule has 2 aromatic rings. The lowest BCUT2D eigenvalue weighted by Gasteiger charge is -2.09. The molecule has 0 saturated carbocycles.